The molecule has 0 fully saturated rings. The molecule has 0 aliphatic carbocycles. The van der Waals surface area contributed by atoms with Crippen LogP contribution in [0.15, 0.2) is 52.7 Å². The van der Waals surface area contributed by atoms with Crippen LogP contribution < -0.4 is 11.1 Å². The van der Waals surface area contributed by atoms with Crippen LogP contribution in [-0.2, 0) is 6.18 Å². The molecule has 2 aromatic carbocycles. The first-order valence-electron chi connectivity index (χ1n) is 9.32. The molecule has 0 saturated heterocycles. The molecule has 0 atom stereocenters. The number of nitrogen functional groups attached to an aromatic ring is 1. The number of hydrogen-bond acceptors (Lipinski definition) is 8. The topological polar surface area (TPSA) is 143 Å². The monoisotopic (exact) mass is 455 g/mol. The Morgan fingerprint density at radius 3 is 2.39 bits per heavy atom. The summed E-state index contributed by atoms with van der Waals surface area (Å²) in [5, 5.41) is 30.8. The number of anilines is 3. The first-order chi connectivity index (χ1) is 15.5. The molecule has 0 aliphatic rings. The van der Waals surface area contributed by atoms with E-state index in [0.717, 1.165) is 17.7 Å². The molecule has 0 unspecified atom stereocenters. The molecule has 3 N–H and O–H groups in total. The molecule has 0 amide bonds. The standard InChI is InChI=1S/C21H16F3N7O2/c1-11-3-5-13(6-4-11)27-20-15(10-25)12(2)18(19(26)28-20)30-29-17-8-7-14(31(32)33)9-16(17)21(22,23)24/h3-9H,1-2H3,(H3,26,27,28). The number of nitrogens with two attached hydrogens (primary N) is 1. The summed E-state index contributed by atoms with van der Waals surface area (Å²) >= 11 is 0. The third-order valence-electron chi connectivity index (χ3n) is 4.62. The Balaban J connectivity index is 2.04. The zero-order valence-electron chi connectivity index (χ0n) is 17.3. The van der Waals surface area contributed by atoms with E-state index < -0.39 is 28.0 Å². The fraction of sp³-hybridized carbons (Fsp3) is 0.143. The zero-order valence-corrected chi connectivity index (χ0v) is 17.3. The van der Waals surface area contributed by atoms with E-state index in [1.165, 1.54) is 6.92 Å². The molecule has 3 rings (SSSR count). The predicted molar refractivity (Wildman–Crippen MR) is 115 cm³/mol. The number of rotatable bonds is 5. The predicted octanol–water partition coefficient (Wildman–Crippen LogP) is 6.24. The van der Waals surface area contributed by atoms with Gasteiger partial charge in [0.05, 0.1) is 21.7 Å². The Morgan fingerprint density at radius 1 is 1.15 bits per heavy atom. The number of aryl methyl sites for hydroxylation is 1. The number of alkyl halides is 3. The van der Waals surface area contributed by atoms with E-state index in [2.05, 4.69) is 20.5 Å². The summed E-state index contributed by atoms with van der Waals surface area (Å²) in [5.41, 5.74) is 5.16. The SMILES string of the molecule is Cc1ccc(Nc2nc(N)c(N=Nc3ccc([N+](=O)[O-])cc3C(F)(F)F)c(C)c2C#N)cc1. The maximum Gasteiger partial charge on any atom is 0.418 e. The van der Waals surface area contributed by atoms with Gasteiger partial charge in [0.25, 0.3) is 5.69 Å². The quantitative estimate of drug-likeness (QED) is 0.265. The highest BCUT2D eigenvalue weighted by Crippen LogP contribution is 2.40. The number of pyridine rings is 1. The lowest BCUT2D eigenvalue weighted by Gasteiger charge is -2.13. The largest absolute Gasteiger partial charge is 0.418 e. The van der Waals surface area contributed by atoms with Crippen LogP contribution in [0.2, 0.25) is 0 Å². The van der Waals surface area contributed by atoms with Gasteiger partial charge < -0.3 is 11.1 Å². The maximum absolute atomic E-state index is 13.4. The molecule has 168 valence electrons. The number of nitro groups is 1. The number of nitrogens with zero attached hydrogens (tertiary/aromatic N) is 5. The number of non-ortho nitro benzene ring substituents is 1. The molecule has 0 radical (unpaired) electrons. The summed E-state index contributed by atoms with van der Waals surface area (Å²) in [4.78, 5) is 14.0. The van der Waals surface area contributed by atoms with Crippen LogP contribution >= 0.6 is 0 Å². The minimum absolute atomic E-state index is 0.0819. The second-order valence-electron chi connectivity index (χ2n) is 6.95. The lowest BCUT2D eigenvalue weighted by molar-refractivity contribution is -0.385. The van der Waals surface area contributed by atoms with Gasteiger partial charge in [-0.3, -0.25) is 10.1 Å². The highest BCUT2D eigenvalue weighted by Gasteiger charge is 2.35. The molecule has 3 aromatic rings. The van der Waals surface area contributed by atoms with Crippen LogP contribution in [0.4, 0.5) is 47.6 Å². The minimum atomic E-state index is -4.90. The van der Waals surface area contributed by atoms with Crippen LogP contribution in [0, 0.1) is 35.3 Å². The van der Waals surface area contributed by atoms with Crippen molar-refractivity contribution in [3.05, 3.63) is 74.8 Å². The number of azo groups is 1. The first kappa shape index (κ1) is 23.1. The second-order valence-corrected chi connectivity index (χ2v) is 6.95. The van der Waals surface area contributed by atoms with Crippen molar-refractivity contribution in [3.8, 4) is 6.07 Å². The zero-order chi connectivity index (χ0) is 24.3. The number of nitro benzene ring substituents is 1. The van der Waals surface area contributed by atoms with E-state index in [9.17, 15) is 28.5 Å². The summed E-state index contributed by atoms with van der Waals surface area (Å²) in [7, 11) is 0. The van der Waals surface area contributed by atoms with Crippen LogP contribution in [0.1, 0.15) is 22.3 Å². The molecule has 1 aromatic heterocycles. The Bertz CT molecular complexity index is 1300. The van der Waals surface area contributed by atoms with E-state index in [0.29, 0.717) is 11.8 Å². The number of hydrogen-bond donors (Lipinski definition) is 2. The van der Waals surface area contributed by atoms with Gasteiger partial charge in [0.15, 0.2) is 11.6 Å². The van der Waals surface area contributed by atoms with Crippen LogP contribution in [-0.4, -0.2) is 9.91 Å². The molecule has 0 bridgehead atoms. The highest BCUT2D eigenvalue weighted by atomic mass is 19.4. The molecule has 9 nitrogen and oxygen atoms in total. The number of halogens is 3. The summed E-state index contributed by atoms with van der Waals surface area (Å²) < 4.78 is 40.1. The maximum atomic E-state index is 13.4. The van der Waals surface area contributed by atoms with Crippen LogP contribution in [0.5, 0.6) is 0 Å². The second kappa shape index (κ2) is 8.91. The Labute approximate surface area is 185 Å². The third kappa shape index (κ3) is 5.04. The Kier molecular flexibility index (Phi) is 6.25. The normalized spacial score (nSPS) is 11.4. The van der Waals surface area contributed by atoms with Gasteiger partial charge in [-0.05, 0) is 32.0 Å². The highest BCUT2D eigenvalue weighted by molar-refractivity contribution is 5.75. The molecule has 33 heavy (non-hydrogen) atoms. The van der Waals surface area contributed by atoms with Crippen molar-refractivity contribution in [2.45, 2.75) is 20.0 Å². The summed E-state index contributed by atoms with van der Waals surface area (Å²) in [5.74, 6) is -0.0121. The third-order valence-corrected chi connectivity index (χ3v) is 4.62. The van der Waals surface area contributed by atoms with Gasteiger partial charge in [0, 0.05) is 23.4 Å². The van der Waals surface area contributed by atoms with Gasteiger partial charge in [-0.1, -0.05) is 17.7 Å². The van der Waals surface area contributed by atoms with Crippen molar-refractivity contribution in [2.24, 2.45) is 10.2 Å². The van der Waals surface area contributed by atoms with Gasteiger partial charge in [-0.25, -0.2) is 4.98 Å². The Morgan fingerprint density at radius 2 is 1.82 bits per heavy atom. The van der Waals surface area contributed by atoms with Gasteiger partial charge >= 0.3 is 6.18 Å². The summed E-state index contributed by atoms with van der Waals surface area (Å²) in [6, 6.07) is 11.3. The molecular weight excluding hydrogens is 439 g/mol. The van der Waals surface area contributed by atoms with Crippen molar-refractivity contribution in [1.29, 1.82) is 5.26 Å². The average Bonchev–Trinajstić information content (AvgIpc) is 2.74. The smallest absolute Gasteiger partial charge is 0.382 e. The fourth-order valence-corrected chi connectivity index (χ4v) is 2.90. The van der Waals surface area contributed by atoms with Crippen LogP contribution in [0.25, 0.3) is 0 Å². The number of nitrogens with one attached hydrogen (secondary N) is 1. The van der Waals surface area contributed by atoms with Crippen molar-refractivity contribution < 1.29 is 18.1 Å². The van der Waals surface area contributed by atoms with Gasteiger partial charge in [0.2, 0.25) is 0 Å². The van der Waals surface area contributed by atoms with E-state index in [1.54, 1.807) is 12.1 Å². The summed E-state index contributed by atoms with van der Waals surface area (Å²) in [6.45, 7) is 3.42. The van der Waals surface area contributed by atoms with E-state index >= 15 is 0 Å². The number of benzene rings is 2. The van der Waals surface area contributed by atoms with Crippen molar-refractivity contribution >= 4 is 34.4 Å². The van der Waals surface area contributed by atoms with Crippen molar-refractivity contribution in [3.63, 3.8) is 0 Å². The molecule has 0 aliphatic heterocycles. The van der Waals surface area contributed by atoms with E-state index in [1.807, 2.05) is 25.1 Å². The lowest BCUT2D eigenvalue weighted by atomic mass is 10.1. The first-order valence-corrected chi connectivity index (χ1v) is 9.32. The van der Waals surface area contributed by atoms with Gasteiger partial charge in [0.1, 0.15) is 11.8 Å². The van der Waals surface area contributed by atoms with Gasteiger partial charge in [-0.15, -0.1) is 10.2 Å². The Hall–Kier alpha value is -4.53. The van der Waals surface area contributed by atoms with E-state index in [4.69, 9.17) is 5.73 Å². The summed E-state index contributed by atoms with van der Waals surface area (Å²) in [6.07, 6.45) is -4.90. The molecule has 0 saturated carbocycles. The average molecular weight is 455 g/mol. The molecule has 12 heteroatoms. The number of aromatic nitrogens is 1. The molecular formula is C21H16F3N7O2. The molecule has 0 spiro atoms. The van der Waals surface area contributed by atoms with E-state index in [-0.39, 0.29) is 28.5 Å². The minimum Gasteiger partial charge on any atom is -0.382 e. The lowest BCUT2D eigenvalue weighted by Crippen LogP contribution is -2.06. The fourth-order valence-electron chi connectivity index (χ4n) is 2.90. The van der Waals surface area contributed by atoms with Crippen molar-refractivity contribution in [2.75, 3.05) is 11.1 Å². The van der Waals surface area contributed by atoms with Crippen LogP contribution in [0.3, 0.4) is 0 Å². The molecule has 1 heterocycles. The van der Waals surface area contributed by atoms with Crippen molar-refractivity contribution in [1.82, 2.24) is 4.98 Å². The van der Waals surface area contributed by atoms with Gasteiger partial charge in [-0.2, -0.15) is 18.4 Å². The number of nitriles is 1.